The lowest BCUT2D eigenvalue weighted by Gasteiger charge is -2.19. The molecule has 0 heterocycles. The van der Waals surface area contributed by atoms with Crippen molar-refractivity contribution in [2.45, 2.75) is 25.3 Å². The molecule has 2 aromatic rings. The van der Waals surface area contributed by atoms with E-state index in [2.05, 4.69) is 16.0 Å². The lowest BCUT2D eigenvalue weighted by Crippen LogP contribution is -2.45. The van der Waals surface area contributed by atoms with Crippen LogP contribution in [0.25, 0.3) is 0 Å². The van der Waals surface area contributed by atoms with Gasteiger partial charge in [0.25, 0.3) is 5.69 Å². The number of anilines is 1. The monoisotopic (exact) mass is 515 g/mol. The number of benzene rings is 2. The molecule has 2 aromatic carbocycles. The van der Waals surface area contributed by atoms with E-state index in [1.807, 2.05) is 30.3 Å². The number of carbonyl (C=O) groups excluding carboxylic acids is 3. The first-order chi connectivity index (χ1) is 17.9. The molecule has 0 aliphatic heterocycles. The molecule has 200 valence electrons. The minimum Gasteiger partial charge on any atom is -0.378 e. The molecule has 0 aliphatic carbocycles. The average Bonchev–Trinajstić information content (AvgIpc) is 2.89. The summed E-state index contributed by atoms with van der Waals surface area (Å²) in [6.07, 6.45) is 0.0765. The maximum absolute atomic E-state index is 12.9. The second kappa shape index (κ2) is 16.7. The summed E-state index contributed by atoms with van der Waals surface area (Å²) in [5, 5.41) is 18.9. The van der Waals surface area contributed by atoms with Crippen LogP contribution in [0.1, 0.15) is 18.4 Å². The topological polar surface area (TPSA) is 175 Å². The number of ether oxygens (including phenoxy) is 2. The third kappa shape index (κ3) is 12.1. The summed E-state index contributed by atoms with van der Waals surface area (Å²) in [5.41, 5.74) is 6.40. The first kappa shape index (κ1) is 29.4. The van der Waals surface area contributed by atoms with Crippen LogP contribution in [0.2, 0.25) is 0 Å². The summed E-state index contributed by atoms with van der Waals surface area (Å²) >= 11 is 0. The minimum absolute atomic E-state index is 0.0481. The largest absolute Gasteiger partial charge is 0.378 e. The predicted molar refractivity (Wildman–Crippen MR) is 137 cm³/mol. The fraction of sp³-hybridized carbons (Fsp3) is 0.400. The number of nitro groups is 1. The van der Waals surface area contributed by atoms with Gasteiger partial charge in [-0.25, -0.2) is 0 Å². The fourth-order valence-corrected chi connectivity index (χ4v) is 3.20. The smallest absolute Gasteiger partial charge is 0.269 e. The molecular formula is C25H33N5O7. The molecule has 12 nitrogen and oxygen atoms in total. The third-order valence-corrected chi connectivity index (χ3v) is 5.06. The van der Waals surface area contributed by atoms with Gasteiger partial charge in [0.05, 0.1) is 31.4 Å². The highest BCUT2D eigenvalue weighted by Gasteiger charge is 2.22. The molecule has 0 aromatic heterocycles. The second-order valence-electron chi connectivity index (χ2n) is 7.97. The number of carbonyl (C=O) groups is 3. The van der Waals surface area contributed by atoms with Gasteiger partial charge < -0.3 is 31.2 Å². The Morgan fingerprint density at radius 1 is 0.892 bits per heavy atom. The van der Waals surface area contributed by atoms with Crippen molar-refractivity contribution >= 4 is 29.1 Å². The molecule has 0 aliphatic rings. The number of nitro benzene ring substituents is 1. The molecule has 0 saturated carbocycles. The van der Waals surface area contributed by atoms with Gasteiger partial charge in [0.2, 0.25) is 17.7 Å². The number of nitrogens with one attached hydrogen (secondary N) is 3. The molecule has 5 N–H and O–H groups in total. The maximum atomic E-state index is 12.9. The molecule has 0 bridgehead atoms. The lowest BCUT2D eigenvalue weighted by atomic mass is 10.0. The van der Waals surface area contributed by atoms with Gasteiger partial charge in [0, 0.05) is 50.2 Å². The van der Waals surface area contributed by atoms with Gasteiger partial charge in [-0.2, -0.15) is 0 Å². The van der Waals surface area contributed by atoms with Crippen LogP contribution in [0.4, 0.5) is 11.4 Å². The highest BCUT2D eigenvalue weighted by molar-refractivity contribution is 5.97. The quantitative estimate of drug-likeness (QED) is 0.138. The van der Waals surface area contributed by atoms with Crippen LogP contribution in [0.3, 0.4) is 0 Å². The Bertz CT molecular complexity index is 1000. The molecule has 1 unspecified atom stereocenters. The first-order valence-corrected chi connectivity index (χ1v) is 11.9. The van der Waals surface area contributed by atoms with E-state index in [1.165, 1.54) is 24.3 Å². The first-order valence-electron chi connectivity index (χ1n) is 11.9. The van der Waals surface area contributed by atoms with Crippen LogP contribution < -0.4 is 21.7 Å². The van der Waals surface area contributed by atoms with Crippen molar-refractivity contribution in [1.82, 2.24) is 10.6 Å². The summed E-state index contributed by atoms with van der Waals surface area (Å²) < 4.78 is 10.5. The molecule has 3 amide bonds. The van der Waals surface area contributed by atoms with Crippen LogP contribution in [0, 0.1) is 10.1 Å². The average molecular weight is 516 g/mol. The van der Waals surface area contributed by atoms with E-state index in [9.17, 15) is 24.5 Å². The number of nitrogens with zero attached hydrogens (tertiary/aromatic N) is 1. The van der Waals surface area contributed by atoms with E-state index in [4.69, 9.17) is 15.2 Å². The summed E-state index contributed by atoms with van der Waals surface area (Å²) in [6, 6.07) is 13.6. The zero-order valence-corrected chi connectivity index (χ0v) is 20.5. The molecule has 37 heavy (non-hydrogen) atoms. The molecule has 0 spiro atoms. The van der Waals surface area contributed by atoms with Gasteiger partial charge in [-0.05, 0) is 17.7 Å². The van der Waals surface area contributed by atoms with Crippen molar-refractivity contribution in [3.63, 3.8) is 0 Å². The minimum atomic E-state index is -0.914. The van der Waals surface area contributed by atoms with Crippen molar-refractivity contribution in [1.29, 1.82) is 0 Å². The molecule has 1 atom stereocenters. The highest BCUT2D eigenvalue weighted by atomic mass is 16.6. The normalized spacial score (nSPS) is 11.4. The van der Waals surface area contributed by atoms with Gasteiger partial charge in [0.15, 0.2) is 0 Å². The Kier molecular flexibility index (Phi) is 13.3. The van der Waals surface area contributed by atoms with Crippen LogP contribution in [0.5, 0.6) is 0 Å². The number of non-ortho nitro benzene ring substituents is 1. The maximum Gasteiger partial charge on any atom is 0.269 e. The number of hydrogen-bond acceptors (Lipinski definition) is 8. The zero-order valence-electron chi connectivity index (χ0n) is 20.5. The molecule has 0 radical (unpaired) electrons. The molecule has 2 rings (SSSR count). The summed E-state index contributed by atoms with van der Waals surface area (Å²) in [5.74, 6) is -1.25. The van der Waals surface area contributed by atoms with Crippen LogP contribution in [-0.4, -0.2) is 68.2 Å². The van der Waals surface area contributed by atoms with E-state index in [-0.39, 0.29) is 30.9 Å². The Balaban J connectivity index is 1.82. The van der Waals surface area contributed by atoms with Crippen molar-refractivity contribution < 1.29 is 28.8 Å². The number of hydrogen-bond donors (Lipinski definition) is 4. The Morgan fingerprint density at radius 3 is 2.19 bits per heavy atom. The van der Waals surface area contributed by atoms with Gasteiger partial charge in [-0.15, -0.1) is 0 Å². The second-order valence-corrected chi connectivity index (χ2v) is 7.97. The van der Waals surface area contributed by atoms with Gasteiger partial charge in [-0.3, -0.25) is 24.5 Å². The predicted octanol–water partition coefficient (Wildman–Crippen LogP) is 1.15. The van der Waals surface area contributed by atoms with E-state index in [0.29, 0.717) is 45.2 Å². The molecule has 0 fully saturated rings. The SMILES string of the molecule is NCCOCCOCCNC(=O)CCC(=O)NC(Cc1ccccc1)C(=O)Nc1ccc([N+](=O)[O-])cc1. The Morgan fingerprint density at radius 2 is 1.54 bits per heavy atom. The molecule has 0 saturated heterocycles. The van der Waals surface area contributed by atoms with Crippen molar-refractivity contribution in [3.05, 3.63) is 70.3 Å². The van der Waals surface area contributed by atoms with Gasteiger partial charge in [0.1, 0.15) is 6.04 Å². The van der Waals surface area contributed by atoms with Crippen LogP contribution >= 0.6 is 0 Å². The van der Waals surface area contributed by atoms with Crippen molar-refractivity contribution in [2.75, 3.05) is 44.8 Å². The van der Waals surface area contributed by atoms with Gasteiger partial charge >= 0.3 is 0 Å². The van der Waals surface area contributed by atoms with Crippen molar-refractivity contribution in [2.24, 2.45) is 5.73 Å². The highest BCUT2D eigenvalue weighted by Crippen LogP contribution is 2.16. The Hall–Kier alpha value is -3.87. The zero-order chi connectivity index (χ0) is 26.9. The Labute approximate surface area is 215 Å². The van der Waals surface area contributed by atoms with Gasteiger partial charge in [-0.1, -0.05) is 30.3 Å². The molecular weight excluding hydrogens is 482 g/mol. The fourth-order valence-electron chi connectivity index (χ4n) is 3.20. The lowest BCUT2D eigenvalue weighted by molar-refractivity contribution is -0.384. The summed E-state index contributed by atoms with van der Waals surface area (Å²) in [6.45, 7) is 2.34. The summed E-state index contributed by atoms with van der Waals surface area (Å²) in [7, 11) is 0. The number of nitrogens with two attached hydrogens (primary N) is 1. The van der Waals surface area contributed by atoms with Crippen LogP contribution in [-0.2, 0) is 30.3 Å². The van der Waals surface area contributed by atoms with E-state index >= 15 is 0 Å². The number of amides is 3. The van der Waals surface area contributed by atoms with E-state index in [1.54, 1.807) is 0 Å². The van der Waals surface area contributed by atoms with Crippen molar-refractivity contribution in [3.8, 4) is 0 Å². The molecule has 12 heteroatoms. The third-order valence-electron chi connectivity index (χ3n) is 5.06. The van der Waals surface area contributed by atoms with Crippen LogP contribution in [0.15, 0.2) is 54.6 Å². The van der Waals surface area contributed by atoms with E-state index in [0.717, 1.165) is 5.56 Å². The standard InChI is InChI=1S/C25H33N5O7/c26-12-14-36-16-17-37-15-13-27-23(31)10-11-24(32)29-22(18-19-4-2-1-3-5-19)25(33)28-20-6-8-21(9-7-20)30(34)35/h1-9,22H,10-18,26H2,(H,27,31)(H,28,33)(H,29,32). The number of rotatable bonds is 17. The summed E-state index contributed by atoms with van der Waals surface area (Å²) in [4.78, 5) is 47.8. The van der Waals surface area contributed by atoms with E-state index < -0.39 is 22.8 Å².